The fourth-order valence-electron chi connectivity index (χ4n) is 2.79. The predicted octanol–water partition coefficient (Wildman–Crippen LogP) is 8.08. The van der Waals surface area contributed by atoms with Gasteiger partial charge in [0.1, 0.15) is 18.1 Å². The molecule has 0 aliphatic carbocycles. The maximum absolute atomic E-state index is 12.4. The molecule has 0 amide bonds. The van der Waals surface area contributed by atoms with E-state index >= 15 is 0 Å². The first-order valence-corrected chi connectivity index (χ1v) is 12.4. The van der Waals surface area contributed by atoms with Crippen molar-refractivity contribution in [1.82, 2.24) is 0 Å². The average molecular weight is 615 g/mol. The van der Waals surface area contributed by atoms with Gasteiger partial charge in [-0.3, -0.25) is 4.79 Å². The van der Waals surface area contributed by atoms with Gasteiger partial charge in [-0.05, 0) is 86.3 Å². The lowest BCUT2D eigenvalue weighted by molar-refractivity contribution is 0.105. The molecule has 3 rings (SSSR count). The second kappa shape index (κ2) is 10.8. The molecule has 0 aliphatic heterocycles. The van der Waals surface area contributed by atoms with Crippen molar-refractivity contribution >= 4 is 71.0 Å². The molecule has 0 unspecified atom stereocenters. The Morgan fingerprint density at radius 1 is 1.07 bits per heavy atom. The number of allylic oxidation sites excluding steroid dienone is 1. The van der Waals surface area contributed by atoms with Crippen molar-refractivity contribution in [3.63, 3.8) is 0 Å². The molecule has 30 heavy (non-hydrogen) atoms. The fourth-order valence-corrected chi connectivity index (χ4v) is 6.14. The van der Waals surface area contributed by atoms with Crippen LogP contribution in [0.25, 0.3) is 6.08 Å². The molecule has 0 saturated carbocycles. The number of halogens is 3. The van der Waals surface area contributed by atoms with Gasteiger partial charge in [-0.15, -0.1) is 11.3 Å². The van der Waals surface area contributed by atoms with Crippen LogP contribution in [0.1, 0.15) is 32.6 Å². The number of carbonyl (C=O) groups excluding carboxylic acids is 1. The first kappa shape index (κ1) is 23.3. The van der Waals surface area contributed by atoms with E-state index in [1.54, 1.807) is 24.5 Å². The third-order valence-electron chi connectivity index (χ3n) is 4.32. The second-order valence-electron chi connectivity index (χ2n) is 6.38. The summed E-state index contributed by atoms with van der Waals surface area (Å²) in [6, 6.07) is 13.5. The summed E-state index contributed by atoms with van der Waals surface area (Å²) in [5.41, 5.74) is 1.79. The summed E-state index contributed by atoms with van der Waals surface area (Å²) in [6.07, 6.45) is 4.37. The maximum Gasteiger partial charge on any atom is 0.195 e. The largest absolute Gasteiger partial charge is 0.496 e. The van der Waals surface area contributed by atoms with Gasteiger partial charge in [0.15, 0.2) is 5.78 Å². The van der Waals surface area contributed by atoms with Gasteiger partial charge >= 0.3 is 0 Å². The van der Waals surface area contributed by atoms with Crippen LogP contribution in [0.5, 0.6) is 11.5 Å². The van der Waals surface area contributed by atoms with E-state index in [1.165, 1.54) is 4.88 Å². The van der Waals surface area contributed by atoms with E-state index < -0.39 is 0 Å². The number of rotatable bonds is 8. The van der Waals surface area contributed by atoms with E-state index in [9.17, 15) is 4.79 Å². The van der Waals surface area contributed by atoms with Crippen LogP contribution in [0, 0.1) is 0 Å². The van der Waals surface area contributed by atoms with Crippen LogP contribution < -0.4 is 9.47 Å². The molecule has 7 heteroatoms. The molecule has 3 aromatic rings. The Morgan fingerprint density at radius 3 is 2.43 bits per heavy atom. The van der Waals surface area contributed by atoms with Crippen LogP contribution in [-0.4, -0.2) is 12.9 Å². The lowest BCUT2D eigenvalue weighted by Gasteiger charge is -2.14. The third kappa shape index (κ3) is 5.84. The molecule has 1 aromatic heterocycles. The monoisotopic (exact) mass is 612 g/mol. The minimum atomic E-state index is 0.0102. The van der Waals surface area contributed by atoms with Crippen LogP contribution in [0.2, 0.25) is 0 Å². The summed E-state index contributed by atoms with van der Waals surface area (Å²) >= 11 is 12.1. The zero-order chi connectivity index (χ0) is 21.7. The van der Waals surface area contributed by atoms with Crippen LogP contribution in [0.15, 0.2) is 62.0 Å². The van der Waals surface area contributed by atoms with E-state index in [2.05, 4.69) is 54.7 Å². The third-order valence-corrected chi connectivity index (χ3v) is 7.20. The average Bonchev–Trinajstić information content (AvgIpc) is 3.20. The minimum absolute atomic E-state index is 0.0102. The van der Waals surface area contributed by atoms with E-state index in [0.717, 1.165) is 41.6 Å². The van der Waals surface area contributed by atoms with Gasteiger partial charge in [-0.1, -0.05) is 35.0 Å². The quantitative estimate of drug-likeness (QED) is 0.190. The highest BCUT2D eigenvalue weighted by atomic mass is 79.9. The van der Waals surface area contributed by atoms with Gasteiger partial charge in [0, 0.05) is 14.9 Å². The summed E-state index contributed by atoms with van der Waals surface area (Å²) in [7, 11) is 1.63. The Kier molecular flexibility index (Phi) is 8.34. The van der Waals surface area contributed by atoms with Crippen molar-refractivity contribution in [2.45, 2.75) is 20.0 Å². The Labute approximate surface area is 205 Å². The molecule has 0 saturated heterocycles. The number of hydrogen-bond acceptors (Lipinski definition) is 4. The van der Waals surface area contributed by atoms with Crippen LogP contribution in [0.4, 0.5) is 0 Å². The number of aryl methyl sites for hydroxylation is 1. The normalized spacial score (nSPS) is 11.1. The Balaban J connectivity index is 1.77. The van der Waals surface area contributed by atoms with E-state index in [0.29, 0.717) is 12.4 Å². The molecule has 0 N–H and O–H groups in total. The smallest absolute Gasteiger partial charge is 0.195 e. The summed E-state index contributed by atoms with van der Waals surface area (Å²) < 4.78 is 14.1. The van der Waals surface area contributed by atoms with Crippen LogP contribution in [0.3, 0.4) is 0 Å². The van der Waals surface area contributed by atoms with Gasteiger partial charge in [-0.25, -0.2) is 0 Å². The molecular formula is C23H19Br3O3S. The number of thiophene rings is 1. The Bertz CT molecular complexity index is 1070. The molecule has 0 bridgehead atoms. The lowest BCUT2D eigenvalue weighted by Crippen LogP contribution is -2.00. The standard InChI is InChI=1S/C23H19Br3O3S/c1-3-17-6-9-22(30-17)20(27)7-4-14-5-8-21(28-2)15(10-14)13-29-23-18(25)11-16(24)12-19(23)26/h4-12H,3,13H2,1-2H3/b7-4+. The van der Waals surface area contributed by atoms with Gasteiger partial charge in [0.05, 0.1) is 20.9 Å². The van der Waals surface area contributed by atoms with Gasteiger partial charge in [-0.2, -0.15) is 0 Å². The predicted molar refractivity (Wildman–Crippen MR) is 134 cm³/mol. The van der Waals surface area contributed by atoms with E-state index in [1.807, 2.05) is 48.5 Å². The van der Waals surface area contributed by atoms with Gasteiger partial charge in [0.25, 0.3) is 0 Å². The Morgan fingerprint density at radius 2 is 1.80 bits per heavy atom. The minimum Gasteiger partial charge on any atom is -0.496 e. The molecule has 1 heterocycles. The van der Waals surface area contributed by atoms with E-state index in [-0.39, 0.29) is 5.78 Å². The van der Waals surface area contributed by atoms with E-state index in [4.69, 9.17) is 9.47 Å². The van der Waals surface area contributed by atoms with Crippen molar-refractivity contribution in [3.8, 4) is 11.5 Å². The van der Waals surface area contributed by atoms with Gasteiger partial charge < -0.3 is 9.47 Å². The fraction of sp³-hybridized carbons (Fsp3) is 0.174. The first-order valence-electron chi connectivity index (χ1n) is 9.16. The SMILES string of the molecule is CCc1ccc(C(=O)/C=C/c2ccc(OC)c(COc3c(Br)cc(Br)cc3Br)c2)s1. The maximum atomic E-state index is 12.4. The molecule has 0 aliphatic rings. The molecule has 156 valence electrons. The van der Waals surface area contributed by atoms with Crippen LogP contribution >= 0.6 is 59.1 Å². The summed E-state index contributed by atoms with van der Waals surface area (Å²) in [5.74, 6) is 1.45. The molecule has 0 fully saturated rings. The van der Waals surface area contributed by atoms with Crippen molar-refractivity contribution in [2.24, 2.45) is 0 Å². The zero-order valence-corrected chi connectivity index (χ0v) is 22.0. The zero-order valence-electron chi connectivity index (χ0n) is 16.4. The van der Waals surface area contributed by atoms with Crippen molar-refractivity contribution in [3.05, 3.63) is 82.8 Å². The number of methoxy groups -OCH3 is 1. The molecule has 0 radical (unpaired) electrons. The lowest BCUT2D eigenvalue weighted by atomic mass is 10.1. The van der Waals surface area contributed by atoms with Crippen LogP contribution in [-0.2, 0) is 13.0 Å². The molecule has 3 nitrogen and oxygen atoms in total. The Hall–Kier alpha value is -1.41. The van der Waals surface area contributed by atoms with Crippen molar-refractivity contribution < 1.29 is 14.3 Å². The molecular weight excluding hydrogens is 596 g/mol. The summed E-state index contributed by atoms with van der Waals surface area (Å²) in [4.78, 5) is 14.4. The summed E-state index contributed by atoms with van der Waals surface area (Å²) in [6.45, 7) is 2.41. The number of carbonyl (C=O) groups is 1. The second-order valence-corrected chi connectivity index (χ2v) is 10.2. The number of ether oxygens (including phenoxy) is 2. The first-order chi connectivity index (χ1) is 14.4. The highest BCUT2D eigenvalue weighted by molar-refractivity contribution is 9.11. The highest BCUT2D eigenvalue weighted by Gasteiger charge is 2.11. The van der Waals surface area contributed by atoms with Crippen molar-refractivity contribution in [2.75, 3.05) is 7.11 Å². The van der Waals surface area contributed by atoms with Gasteiger partial charge in [0.2, 0.25) is 0 Å². The molecule has 2 aromatic carbocycles. The number of benzene rings is 2. The summed E-state index contributed by atoms with van der Waals surface area (Å²) in [5, 5.41) is 0. The highest BCUT2D eigenvalue weighted by Crippen LogP contribution is 2.37. The number of ketones is 1. The molecule has 0 spiro atoms. The topological polar surface area (TPSA) is 35.5 Å². The van der Waals surface area contributed by atoms with Crippen molar-refractivity contribution in [1.29, 1.82) is 0 Å². The molecule has 0 atom stereocenters. The number of hydrogen-bond donors (Lipinski definition) is 0.